The molecular formula is C29H39NO. The van der Waals surface area contributed by atoms with Crippen LogP contribution >= 0.6 is 0 Å². The monoisotopic (exact) mass is 417 g/mol. The summed E-state index contributed by atoms with van der Waals surface area (Å²) in [4.78, 5) is 0. The Labute approximate surface area is 189 Å². The standard InChI is InChI=1S/C29H39NO/c1-7-11-24(18-21(4)8-2)19-22(5)28(26-14-15-26)20-27(9-3)31-29-13-10-12-25(16-17-30)23(29)6/h7,9-13,16-18,20-21,26H,5,8,14-15,19,30H2,1-4,6H3/b11-7-,17-16-,24-18+,27-9+,28-20+. The summed E-state index contributed by atoms with van der Waals surface area (Å²) in [7, 11) is 0. The number of nitrogens with two attached hydrogens (primary N) is 1. The lowest BCUT2D eigenvalue weighted by molar-refractivity contribution is 0.439. The molecule has 0 aromatic heterocycles. The van der Waals surface area contributed by atoms with Crippen LogP contribution in [0.1, 0.15) is 64.5 Å². The highest BCUT2D eigenvalue weighted by Crippen LogP contribution is 2.42. The Kier molecular flexibility index (Phi) is 9.65. The van der Waals surface area contributed by atoms with Crippen molar-refractivity contribution in [3.63, 3.8) is 0 Å². The third-order valence-electron chi connectivity index (χ3n) is 5.78. The summed E-state index contributed by atoms with van der Waals surface area (Å²) in [5.41, 5.74) is 11.6. The van der Waals surface area contributed by atoms with Gasteiger partial charge in [0, 0.05) is 0 Å². The van der Waals surface area contributed by atoms with E-state index in [2.05, 4.69) is 58.6 Å². The van der Waals surface area contributed by atoms with Crippen molar-refractivity contribution in [3.05, 3.63) is 95.0 Å². The third kappa shape index (κ3) is 7.47. The van der Waals surface area contributed by atoms with E-state index in [0.29, 0.717) is 11.8 Å². The molecule has 2 N–H and O–H groups in total. The predicted octanol–water partition coefficient (Wildman–Crippen LogP) is 8.04. The Morgan fingerprint density at radius 2 is 2.03 bits per heavy atom. The van der Waals surface area contributed by atoms with Crippen LogP contribution in [0.3, 0.4) is 0 Å². The van der Waals surface area contributed by atoms with Gasteiger partial charge in [0.2, 0.25) is 0 Å². The molecule has 0 bridgehead atoms. The molecule has 2 nitrogen and oxygen atoms in total. The Balaban J connectivity index is 2.27. The zero-order valence-electron chi connectivity index (χ0n) is 19.9. The van der Waals surface area contributed by atoms with Crippen LogP contribution in [0.15, 0.2) is 83.8 Å². The molecule has 1 aliphatic carbocycles. The molecule has 0 radical (unpaired) electrons. The Hall–Kier alpha value is -2.74. The predicted molar refractivity (Wildman–Crippen MR) is 136 cm³/mol. The van der Waals surface area contributed by atoms with Crippen molar-refractivity contribution in [2.45, 2.75) is 60.3 Å². The molecule has 1 atom stereocenters. The molecule has 0 spiro atoms. The molecule has 1 aliphatic rings. The van der Waals surface area contributed by atoms with Gasteiger partial charge in [-0.05, 0) is 110 Å². The van der Waals surface area contributed by atoms with E-state index in [1.165, 1.54) is 29.6 Å². The van der Waals surface area contributed by atoms with Crippen LogP contribution in [0.2, 0.25) is 0 Å². The Morgan fingerprint density at radius 3 is 2.61 bits per heavy atom. The lowest BCUT2D eigenvalue weighted by Gasteiger charge is -2.16. The van der Waals surface area contributed by atoms with Crippen molar-refractivity contribution in [1.29, 1.82) is 0 Å². The van der Waals surface area contributed by atoms with E-state index in [1.54, 1.807) is 6.20 Å². The summed E-state index contributed by atoms with van der Waals surface area (Å²) in [6.07, 6.45) is 18.9. The molecule has 31 heavy (non-hydrogen) atoms. The number of allylic oxidation sites excluding steroid dienone is 8. The van der Waals surface area contributed by atoms with Gasteiger partial charge in [0.05, 0.1) is 0 Å². The fourth-order valence-electron chi connectivity index (χ4n) is 3.60. The quantitative estimate of drug-likeness (QED) is 0.292. The molecule has 1 aromatic rings. The van der Waals surface area contributed by atoms with Gasteiger partial charge in [-0.25, -0.2) is 0 Å². The molecule has 0 amide bonds. The second-order valence-corrected chi connectivity index (χ2v) is 8.40. The van der Waals surface area contributed by atoms with E-state index in [4.69, 9.17) is 10.5 Å². The zero-order chi connectivity index (χ0) is 22.8. The number of benzene rings is 1. The molecule has 2 rings (SSSR count). The van der Waals surface area contributed by atoms with E-state index >= 15 is 0 Å². The summed E-state index contributed by atoms with van der Waals surface area (Å²) in [5.74, 6) is 2.87. The molecule has 166 valence electrons. The average molecular weight is 418 g/mol. The van der Waals surface area contributed by atoms with Crippen molar-refractivity contribution < 1.29 is 4.74 Å². The molecule has 0 heterocycles. The van der Waals surface area contributed by atoms with E-state index in [-0.39, 0.29) is 0 Å². The second kappa shape index (κ2) is 12.2. The lowest BCUT2D eigenvalue weighted by Crippen LogP contribution is -2.00. The van der Waals surface area contributed by atoms with Crippen molar-refractivity contribution in [2.75, 3.05) is 0 Å². The normalized spacial score (nSPS) is 16.9. The first-order valence-corrected chi connectivity index (χ1v) is 11.5. The average Bonchev–Trinajstić information content (AvgIpc) is 3.58. The fourth-order valence-corrected chi connectivity index (χ4v) is 3.60. The maximum Gasteiger partial charge on any atom is 0.130 e. The van der Waals surface area contributed by atoms with Crippen LogP contribution in [-0.4, -0.2) is 0 Å². The first kappa shape index (κ1) is 24.5. The van der Waals surface area contributed by atoms with E-state index in [0.717, 1.165) is 35.5 Å². The molecule has 1 fully saturated rings. The number of hydrogen-bond donors (Lipinski definition) is 1. The van der Waals surface area contributed by atoms with Gasteiger partial charge in [-0.2, -0.15) is 0 Å². The third-order valence-corrected chi connectivity index (χ3v) is 5.78. The van der Waals surface area contributed by atoms with E-state index in [9.17, 15) is 0 Å². The maximum atomic E-state index is 6.31. The minimum Gasteiger partial charge on any atom is -0.457 e. The van der Waals surface area contributed by atoms with Crippen molar-refractivity contribution in [2.24, 2.45) is 17.6 Å². The molecule has 1 saturated carbocycles. The van der Waals surface area contributed by atoms with Gasteiger partial charge in [0.1, 0.15) is 11.5 Å². The van der Waals surface area contributed by atoms with Crippen LogP contribution in [-0.2, 0) is 0 Å². The summed E-state index contributed by atoms with van der Waals surface area (Å²) in [6, 6.07) is 6.05. The van der Waals surface area contributed by atoms with Gasteiger partial charge in [0.15, 0.2) is 0 Å². The summed E-state index contributed by atoms with van der Waals surface area (Å²) >= 11 is 0. The first-order valence-electron chi connectivity index (χ1n) is 11.5. The summed E-state index contributed by atoms with van der Waals surface area (Å²) in [5, 5.41) is 0. The molecule has 1 unspecified atom stereocenters. The van der Waals surface area contributed by atoms with Crippen LogP contribution in [0.25, 0.3) is 6.08 Å². The zero-order valence-corrected chi connectivity index (χ0v) is 19.9. The SMILES string of the molecule is C=C(CC(/C=C\C)=C/C(C)CC)/C(=C\C(=C/C)Oc1cccc(/C=C\N)c1C)C1CC1. The highest BCUT2D eigenvalue weighted by Gasteiger charge is 2.28. The largest absolute Gasteiger partial charge is 0.457 e. The Morgan fingerprint density at radius 1 is 1.29 bits per heavy atom. The molecule has 0 aliphatic heterocycles. The minimum absolute atomic E-state index is 0.569. The first-order chi connectivity index (χ1) is 14.9. The van der Waals surface area contributed by atoms with Gasteiger partial charge in [-0.3, -0.25) is 0 Å². The van der Waals surface area contributed by atoms with Gasteiger partial charge in [-0.1, -0.05) is 57.2 Å². The van der Waals surface area contributed by atoms with E-state index < -0.39 is 0 Å². The van der Waals surface area contributed by atoms with Gasteiger partial charge < -0.3 is 10.5 Å². The van der Waals surface area contributed by atoms with Crippen LogP contribution in [0.5, 0.6) is 5.75 Å². The highest BCUT2D eigenvalue weighted by atomic mass is 16.5. The van der Waals surface area contributed by atoms with Gasteiger partial charge in [0.25, 0.3) is 0 Å². The van der Waals surface area contributed by atoms with Crippen molar-refractivity contribution in [1.82, 2.24) is 0 Å². The smallest absolute Gasteiger partial charge is 0.130 e. The topological polar surface area (TPSA) is 35.2 Å². The van der Waals surface area contributed by atoms with Crippen molar-refractivity contribution >= 4 is 6.08 Å². The Bertz CT molecular complexity index is 907. The van der Waals surface area contributed by atoms with Crippen molar-refractivity contribution in [3.8, 4) is 5.75 Å². The number of hydrogen-bond acceptors (Lipinski definition) is 2. The highest BCUT2D eigenvalue weighted by molar-refractivity contribution is 5.57. The van der Waals surface area contributed by atoms with Gasteiger partial charge >= 0.3 is 0 Å². The fraction of sp³-hybridized carbons (Fsp3) is 0.379. The van der Waals surface area contributed by atoms with Crippen LogP contribution in [0, 0.1) is 18.8 Å². The lowest BCUT2D eigenvalue weighted by atomic mass is 9.93. The second-order valence-electron chi connectivity index (χ2n) is 8.40. The maximum absolute atomic E-state index is 6.31. The molecule has 2 heteroatoms. The number of rotatable bonds is 11. The minimum atomic E-state index is 0.569. The summed E-state index contributed by atoms with van der Waals surface area (Å²) in [6.45, 7) is 15.1. The van der Waals surface area contributed by atoms with Crippen LogP contribution in [0.4, 0.5) is 0 Å². The molecule has 0 saturated heterocycles. The number of ether oxygens (including phenoxy) is 1. The summed E-state index contributed by atoms with van der Waals surface area (Å²) < 4.78 is 6.31. The molecule has 1 aromatic carbocycles. The van der Waals surface area contributed by atoms with Crippen LogP contribution < -0.4 is 10.5 Å². The van der Waals surface area contributed by atoms with E-state index in [1.807, 2.05) is 37.3 Å². The molecular weight excluding hydrogens is 378 g/mol. The van der Waals surface area contributed by atoms with Gasteiger partial charge in [-0.15, -0.1) is 0 Å².